The highest BCUT2D eigenvalue weighted by Gasteiger charge is 2.14. The summed E-state index contributed by atoms with van der Waals surface area (Å²) < 4.78 is 0. The minimum atomic E-state index is -0.513. The van der Waals surface area contributed by atoms with E-state index >= 15 is 0 Å². The van der Waals surface area contributed by atoms with Gasteiger partial charge in [-0.2, -0.15) is 0 Å². The highest BCUT2D eigenvalue weighted by molar-refractivity contribution is 5.66. The molecule has 16 heavy (non-hydrogen) atoms. The first-order valence-corrected chi connectivity index (χ1v) is 4.64. The van der Waals surface area contributed by atoms with Gasteiger partial charge >= 0.3 is 0 Å². The molecule has 0 saturated heterocycles. The second kappa shape index (κ2) is 4.99. The first-order valence-electron chi connectivity index (χ1n) is 4.64. The molecule has 0 bridgehead atoms. The minimum absolute atomic E-state index is 0.0871. The van der Waals surface area contributed by atoms with Gasteiger partial charge in [0.1, 0.15) is 5.69 Å². The average Bonchev–Trinajstić information content (AvgIpc) is 2.19. The number of nitrogens with zero attached hydrogens (tertiary/aromatic N) is 4. The third-order valence-electron chi connectivity index (χ3n) is 1.78. The molecule has 1 rings (SSSR count). The fraction of sp³-hybridized carbons (Fsp3) is 0.333. The Kier molecular flexibility index (Phi) is 3.68. The lowest BCUT2D eigenvalue weighted by molar-refractivity contribution is -0.383. The van der Waals surface area contributed by atoms with Crippen molar-refractivity contribution in [3.63, 3.8) is 0 Å². The van der Waals surface area contributed by atoms with Crippen LogP contribution in [-0.2, 0) is 0 Å². The number of nitro groups is 1. The van der Waals surface area contributed by atoms with Gasteiger partial charge in [-0.05, 0) is 25.4 Å². The minimum Gasteiger partial charge on any atom is -0.377 e. The summed E-state index contributed by atoms with van der Waals surface area (Å²) >= 11 is 0. The number of anilines is 1. The van der Waals surface area contributed by atoms with Gasteiger partial charge in [-0.15, -0.1) is 0 Å². The molecule has 0 heterocycles. The Morgan fingerprint density at radius 2 is 2.25 bits per heavy atom. The standard InChI is InChI=1S/C9H11N5O2/c1-6(2)11-8-4-3-7(12-13-10)5-9(8)14(15)16/h3-6,11H,1-2H3. The highest BCUT2D eigenvalue weighted by Crippen LogP contribution is 2.29. The third kappa shape index (κ3) is 2.86. The van der Waals surface area contributed by atoms with Crippen molar-refractivity contribution in [3.05, 3.63) is 38.8 Å². The van der Waals surface area contributed by atoms with Gasteiger partial charge in [-0.25, -0.2) is 0 Å². The summed E-state index contributed by atoms with van der Waals surface area (Å²) in [6.45, 7) is 3.76. The highest BCUT2D eigenvalue weighted by atomic mass is 16.6. The van der Waals surface area contributed by atoms with E-state index in [1.54, 1.807) is 0 Å². The van der Waals surface area contributed by atoms with Crippen LogP contribution in [0.15, 0.2) is 23.3 Å². The molecule has 0 radical (unpaired) electrons. The fourth-order valence-electron chi connectivity index (χ4n) is 1.22. The van der Waals surface area contributed by atoms with E-state index in [1.165, 1.54) is 18.2 Å². The summed E-state index contributed by atoms with van der Waals surface area (Å²) in [5, 5.41) is 17.1. The predicted octanol–water partition coefficient (Wildman–Crippen LogP) is 3.36. The van der Waals surface area contributed by atoms with E-state index in [4.69, 9.17) is 5.53 Å². The molecule has 0 aliphatic rings. The Morgan fingerprint density at radius 3 is 2.75 bits per heavy atom. The van der Waals surface area contributed by atoms with Crippen molar-refractivity contribution in [3.8, 4) is 0 Å². The van der Waals surface area contributed by atoms with Crippen molar-refractivity contribution in [1.82, 2.24) is 0 Å². The molecule has 0 aromatic heterocycles. The second-order valence-electron chi connectivity index (χ2n) is 3.45. The summed E-state index contributed by atoms with van der Waals surface area (Å²) in [4.78, 5) is 12.9. The van der Waals surface area contributed by atoms with E-state index in [9.17, 15) is 10.1 Å². The van der Waals surface area contributed by atoms with Crippen LogP contribution in [0.5, 0.6) is 0 Å². The number of benzene rings is 1. The molecule has 7 heteroatoms. The molecule has 0 atom stereocenters. The van der Waals surface area contributed by atoms with E-state index in [1.807, 2.05) is 13.8 Å². The number of hydrogen-bond acceptors (Lipinski definition) is 4. The summed E-state index contributed by atoms with van der Waals surface area (Å²) in [6, 6.07) is 4.38. The quantitative estimate of drug-likeness (QED) is 0.277. The van der Waals surface area contributed by atoms with Gasteiger partial charge in [0.2, 0.25) is 0 Å². The monoisotopic (exact) mass is 221 g/mol. The van der Waals surface area contributed by atoms with Crippen LogP contribution in [0.3, 0.4) is 0 Å². The van der Waals surface area contributed by atoms with Crippen LogP contribution < -0.4 is 5.32 Å². The van der Waals surface area contributed by atoms with Gasteiger partial charge in [-0.1, -0.05) is 11.2 Å². The smallest absolute Gasteiger partial charge is 0.292 e. The van der Waals surface area contributed by atoms with Gasteiger partial charge in [-0.3, -0.25) is 10.1 Å². The lowest BCUT2D eigenvalue weighted by Gasteiger charge is -2.10. The second-order valence-corrected chi connectivity index (χ2v) is 3.45. The lowest BCUT2D eigenvalue weighted by atomic mass is 10.2. The van der Waals surface area contributed by atoms with Crippen molar-refractivity contribution in [2.75, 3.05) is 5.32 Å². The Bertz CT molecular complexity index is 451. The molecule has 0 aliphatic heterocycles. The number of hydrogen-bond donors (Lipinski definition) is 1. The number of nitrogens with one attached hydrogen (secondary N) is 1. The largest absolute Gasteiger partial charge is 0.377 e. The van der Waals surface area contributed by atoms with Gasteiger partial charge in [0.15, 0.2) is 0 Å². The van der Waals surface area contributed by atoms with Crippen molar-refractivity contribution < 1.29 is 4.92 Å². The van der Waals surface area contributed by atoms with Crippen LogP contribution in [0.4, 0.5) is 17.1 Å². The first-order chi connectivity index (χ1) is 7.54. The molecule has 0 fully saturated rings. The molecule has 0 aliphatic carbocycles. The van der Waals surface area contributed by atoms with Crippen molar-refractivity contribution in [1.29, 1.82) is 0 Å². The van der Waals surface area contributed by atoms with Crippen LogP contribution >= 0.6 is 0 Å². The van der Waals surface area contributed by atoms with E-state index in [0.717, 1.165) is 0 Å². The van der Waals surface area contributed by atoms with Crippen molar-refractivity contribution in [2.45, 2.75) is 19.9 Å². The molecular weight excluding hydrogens is 210 g/mol. The van der Waals surface area contributed by atoms with Crippen LogP contribution in [0.1, 0.15) is 13.8 Å². The fourth-order valence-corrected chi connectivity index (χ4v) is 1.22. The Labute approximate surface area is 91.9 Å². The SMILES string of the molecule is CC(C)Nc1ccc(N=[N+]=[N-])cc1[N+](=O)[O-]. The van der Waals surface area contributed by atoms with Crippen LogP contribution in [-0.4, -0.2) is 11.0 Å². The van der Waals surface area contributed by atoms with Gasteiger partial charge in [0.05, 0.1) is 4.92 Å². The van der Waals surface area contributed by atoms with Crippen molar-refractivity contribution >= 4 is 17.1 Å². The molecule has 0 amide bonds. The topological polar surface area (TPSA) is 104 Å². The molecule has 84 valence electrons. The predicted molar refractivity (Wildman–Crippen MR) is 60.7 cm³/mol. The zero-order valence-corrected chi connectivity index (χ0v) is 8.91. The Hall–Kier alpha value is -2.27. The zero-order valence-electron chi connectivity index (χ0n) is 8.91. The Morgan fingerprint density at radius 1 is 1.56 bits per heavy atom. The van der Waals surface area contributed by atoms with Crippen LogP contribution in [0, 0.1) is 10.1 Å². The van der Waals surface area contributed by atoms with Gasteiger partial charge in [0.25, 0.3) is 5.69 Å². The third-order valence-corrected chi connectivity index (χ3v) is 1.78. The molecule has 1 N–H and O–H groups in total. The maximum absolute atomic E-state index is 10.8. The summed E-state index contributed by atoms with van der Waals surface area (Å²) in [5.41, 5.74) is 8.78. The van der Waals surface area contributed by atoms with Gasteiger partial charge < -0.3 is 5.32 Å². The summed E-state index contributed by atoms with van der Waals surface area (Å²) in [5.74, 6) is 0. The number of azide groups is 1. The Balaban J connectivity index is 3.19. The molecule has 1 aromatic carbocycles. The number of nitro benzene ring substituents is 1. The lowest BCUT2D eigenvalue weighted by Crippen LogP contribution is -2.11. The maximum atomic E-state index is 10.8. The van der Waals surface area contributed by atoms with E-state index in [0.29, 0.717) is 5.69 Å². The average molecular weight is 221 g/mol. The van der Waals surface area contributed by atoms with E-state index < -0.39 is 4.92 Å². The van der Waals surface area contributed by atoms with Crippen molar-refractivity contribution in [2.24, 2.45) is 5.11 Å². The number of rotatable bonds is 4. The molecular formula is C9H11N5O2. The zero-order chi connectivity index (χ0) is 12.1. The van der Waals surface area contributed by atoms with E-state index in [-0.39, 0.29) is 17.4 Å². The normalized spacial score (nSPS) is 9.69. The van der Waals surface area contributed by atoms with Gasteiger partial charge in [0, 0.05) is 22.7 Å². The molecule has 0 spiro atoms. The van der Waals surface area contributed by atoms with Crippen LogP contribution in [0.25, 0.3) is 10.4 Å². The van der Waals surface area contributed by atoms with E-state index in [2.05, 4.69) is 15.3 Å². The maximum Gasteiger partial charge on any atom is 0.292 e. The van der Waals surface area contributed by atoms with Crippen LogP contribution in [0.2, 0.25) is 0 Å². The molecule has 7 nitrogen and oxygen atoms in total. The first kappa shape index (κ1) is 11.8. The molecule has 0 saturated carbocycles. The summed E-state index contributed by atoms with van der Waals surface area (Å²) in [7, 11) is 0. The summed E-state index contributed by atoms with van der Waals surface area (Å²) in [6.07, 6.45) is 0. The molecule has 0 unspecified atom stereocenters. The molecule has 1 aromatic rings.